The van der Waals surface area contributed by atoms with Crippen molar-refractivity contribution in [3.8, 4) is 5.75 Å². The van der Waals surface area contributed by atoms with Crippen molar-refractivity contribution in [3.05, 3.63) is 48.5 Å². The van der Waals surface area contributed by atoms with Gasteiger partial charge in [-0.25, -0.2) is 0 Å². The zero-order valence-electron chi connectivity index (χ0n) is 17.0. The van der Waals surface area contributed by atoms with Gasteiger partial charge in [-0.3, -0.25) is 9.59 Å². The third-order valence-electron chi connectivity index (χ3n) is 3.92. The van der Waals surface area contributed by atoms with Crippen LogP contribution in [0.5, 0.6) is 5.75 Å². The zero-order chi connectivity index (χ0) is 20.9. The first kappa shape index (κ1) is 22.2. The van der Waals surface area contributed by atoms with Gasteiger partial charge in [0.25, 0.3) is 0 Å². The number of anilines is 3. The number of carbonyl (C=O) groups is 2. The highest BCUT2D eigenvalue weighted by molar-refractivity contribution is 5.95. The number of amides is 2. The molecular formula is C22H29N3O4. The van der Waals surface area contributed by atoms with Crippen molar-refractivity contribution in [3.63, 3.8) is 0 Å². The summed E-state index contributed by atoms with van der Waals surface area (Å²) >= 11 is 0. The van der Waals surface area contributed by atoms with Gasteiger partial charge >= 0.3 is 0 Å². The molecule has 0 heterocycles. The van der Waals surface area contributed by atoms with Crippen LogP contribution in [0.25, 0.3) is 0 Å². The number of ether oxygens (including phenoxy) is 2. The topological polar surface area (TPSA) is 88.7 Å². The Balaban J connectivity index is 1.77. The fourth-order valence-electron chi connectivity index (χ4n) is 2.54. The zero-order valence-corrected chi connectivity index (χ0v) is 17.0. The summed E-state index contributed by atoms with van der Waals surface area (Å²) in [6, 6.07) is 14.5. The largest absolute Gasteiger partial charge is 0.491 e. The van der Waals surface area contributed by atoms with Gasteiger partial charge in [-0.15, -0.1) is 0 Å². The summed E-state index contributed by atoms with van der Waals surface area (Å²) < 4.78 is 10.8. The molecule has 0 aliphatic carbocycles. The van der Waals surface area contributed by atoms with Crippen molar-refractivity contribution in [1.82, 2.24) is 0 Å². The van der Waals surface area contributed by atoms with Crippen molar-refractivity contribution >= 4 is 28.9 Å². The van der Waals surface area contributed by atoms with Crippen LogP contribution in [0.1, 0.15) is 26.7 Å². The highest BCUT2D eigenvalue weighted by Gasteiger charge is 2.05. The minimum absolute atomic E-state index is 0.0389. The maximum atomic E-state index is 12.2. The first-order valence-corrected chi connectivity index (χ1v) is 9.85. The Bertz CT molecular complexity index is 778. The number of rotatable bonds is 12. The van der Waals surface area contributed by atoms with Crippen LogP contribution in [0.15, 0.2) is 48.5 Å². The van der Waals surface area contributed by atoms with E-state index < -0.39 is 0 Å². The summed E-state index contributed by atoms with van der Waals surface area (Å²) in [6.45, 7) is 5.75. The first-order valence-electron chi connectivity index (χ1n) is 9.85. The van der Waals surface area contributed by atoms with Crippen LogP contribution in [0.3, 0.4) is 0 Å². The summed E-state index contributed by atoms with van der Waals surface area (Å²) in [5.74, 6) is 0.531. The van der Waals surface area contributed by atoms with E-state index in [-0.39, 0.29) is 18.4 Å². The van der Waals surface area contributed by atoms with Crippen molar-refractivity contribution in [1.29, 1.82) is 0 Å². The molecule has 0 aliphatic heterocycles. The monoisotopic (exact) mass is 399 g/mol. The fraction of sp³-hybridized carbons (Fsp3) is 0.364. The SMILES string of the molecule is CCCC(=O)Nc1cccc(NC(=O)CNc2ccc(OCCOCC)cc2)c1. The summed E-state index contributed by atoms with van der Waals surface area (Å²) in [4.78, 5) is 23.9. The van der Waals surface area contributed by atoms with Gasteiger partial charge in [0.2, 0.25) is 11.8 Å². The number of carbonyl (C=O) groups excluding carboxylic acids is 2. The van der Waals surface area contributed by atoms with Gasteiger partial charge in [-0.1, -0.05) is 13.0 Å². The van der Waals surface area contributed by atoms with E-state index in [0.29, 0.717) is 37.6 Å². The summed E-state index contributed by atoms with van der Waals surface area (Å²) in [6.07, 6.45) is 1.26. The van der Waals surface area contributed by atoms with Crippen molar-refractivity contribution in [2.24, 2.45) is 0 Å². The standard InChI is InChI=1S/C22H29N3O4/c1-3-6-21(26)24-18-7-5-8-19(15-18)25-22(27)16-23-17-9-11-20(12-10-17)29-14-13-28-4-2/h5,7-12,15,23H,3-4,6,13-14,16H2,1-2H3,(H,24,26)(H,25,27). The average Bonchev–Trinajstić information content (AvgIpc) is 2.71. The van der Waals surface area contributed by atoms with Gasteiger partial charge in [-0.05, 0) is 55.8 Å². The van der Waals surface area contributed by atoms with E-state index in [1.807, 2.05) is 38.1 Å². The van der Waals surface area contributed by atoms with Gasteiger partial charge in [0, 0.05) is 30.1 Å². The van der Waals surface area contributed by atoms with E-state index in [2.05, 4.69) is 16.0 Å². The van der Waals surface area contributed by atoms with E-state index in [1.54, 1.807) is 24.3 Å². The summed E-state index contributed by atoms with van der Waals surface area (Å²) in [7, 11) is 0. The van der Waals surface area contributed by atoms with Gasteiger partial charge in [-0.2, -0.15) is 0 Å². The smallest absolute Gasteiger partial charge is 0.243 e. The molecule has 2 aromatic carbocycles. The van der Waals surface area contributed by atoms with Crippen molar-refractivity contribution in [2.45, 2.75) is 26.7 Å². The number of hydrogen-bond acceptors (Lipinski definition) is 5. The number of hydrogen-bond donors (Lipinski definition) is 3. The predicted molar refractivity (Wildman–Crippen MR) is 116 cm³/mol. The summed E-state index contributed by atoms with van der Waals surface area (Å²) in [5, 5.41) is 8.70. The molecule has 156 valence electrons. The lowest BCUT2D eigenvalue weighted by molar-refractivity contribution is -0.116. The molecule has 0 bridgehead atoms. The molecule has 0 atom stereocenters. The molecule has 0 saturated heterocycles. The van der Waals surface area contributed by atoms with Gasteiger partial charge in [0.1, 0.15) is 12.4 Å². The highest BCUT2D eigenvalue weighted by Crippen LogP contribution is 2.17. The number of benzene rings is 2. The van der Waals surface area contributed by atoms with Crippen molar-refractivity contribution < 1.29 is 19.1 Å². The molecule has 0 unspecified atom stereocenters. The lowest BCUT2D eigenvalue weighted by atomic mass is 10.2. The second-order valence-electron chi connectivity index (χ2n) is 6.35. The quantitative estimate of drug-likeness (QED) is 0.471. The first-order chi connectivity index (χ1) is 14.1. The normalized spacial score (nSPS) is 10.3. The van der Waals surface area contributed by atoms with Crippen LogP contribution < -0.4 is 20.7 Å². The van der Waals surface area contributed by atoms with Gasteiger partial charge < -0.3 is 25.4 Å². The van der Waals surface area contributed by atoms with Crippen molar-refractivity contribution in [2.75, 3.05) is 42.3 Å². The molecule has 0 spiro atoms. The Morgan fingerprint density at radius 3 is 2.21 bits per heavy atom. The van der Waals surface area contributed by atoms with E-state index in [4.69, 9.17) is 9.47 Å². The van der Waals surface area contributed by atoms with Crippen LogP contribution in [-0.4, -0.2) is 38.2 Å². The molecule has 2 aromatic rings. The molecule has 0 fully saturated rings. The van der Waals surface area contributed by atoms with Gasteiger partial charge in [0.05, 0.1) is 13.2 Å². The molecular weight excluding hydrogens is 370 g/mol. The van der Waals surface area contributed by atoms with Crippen LogP contribution in [-0.2, 0) is 14.3 Å². The molecule has 3 N–H and O–H groups in total. The molecule has 0 aliphatic rings. The molecule has 7 nitrogen and oxygen atoms in total. The van der Waals surface area contributed by atoms with E-state index in [1.165, 1.54) is 0 Å². The molecule has 2 rings (SSSR count). The van der Waals surface area contributed by atoms with Crippen LogP contribution >= 0.6 is 0 Å². The number of nitrogens with one attached hydrogen (secondary N) is 3. The van der Waals surface area contributed by atoms with E-state index in [9.17, 15) is 9.59 Å². The fourth-order valence-corrected chi connectivity index (χ4v) is 2.54. The van der Waals surface area contributed by atoms with Crippen LogP contribution in [0.2, 0.25) is 0 Å². The van der Waals surface area contributed by atoms with Gasteiger partial charge in [0.15, 0.2) is 0 Å². The molecule has 2 amide bonds. The lowest BCUT2D eigenvalue weighted by Crippen LogP contribution is -2.21. The van der Waals surface area contributed by atoms with E-state index >= 15 is 0 Å². The Morgan fingerprint density at radius 1 is 0.862 bits per heavy atom. The highest BCUT2D eigenvalue weighted by atomic mass is 16.5. The second-order valence-corrected chi connectivity index (χ2v) is 6.35. The lowest BCUT2D eigenvalue weighted by Gasteiger charge is -2.11. The minimum Gasteiger partial charge on any atom is -0.491 e. The molecule has 0 saturated carbocycles. The Kier molecular flexibility index (Phi) is 9.51. The Hall–Kier alpha value is -3.06. The second kappa shape index (κ2) is 12.4. The molecule has 29 heavy (non-hydrogen) atoms. The Morgan fingerprint density at radius 2 is 1.55 bits per heavy atom. The predicted octanol–water partition coefficient (Wildman–Crippen LogP) is 3.89. The van der Waals surface area contributed by atoms with E-state index in [0.717, 1.165) is 17.9 Å². The molecule has 0 radical (unpaired) electrons. The third-order valence-corrected chi connectivity index (χ3v) is 3.92. The summed E-state index contributed by atoms with van der Waals surface area (Å²) in [5.41, 5.74) is 2.11. The maximum Gasteiger partial charge on any atom is 0.243 e. The average molecular weight is 399 g/mol. The maximum absolute atomic E-state index is 12.2. The van der Waals surface area contributed by atoms with Crippen LogP contribution in [0.4, 0.5) is 17.1 Å². The van der Waals surface area contributed by atoms with Crippen LogP contribution in [0, 0.1) is 0 Å². The Labute approximate surface area is 171 Å². The minimum atomic E-state index is -0.181. The third kappa shape index (κ3) is 8.66. The molecule has 7 heteroatoms. The molecule has 0 aromatic heterocycles.